The second-order valence-electron chi connectivity index (χ2n) is 4.82. The molecule has 5 nitrogen and oxygen atoms in total. The first kappa shape index (κ1) is 18.1. The van der Waals surface area contributed by atoms with Gasteiger partial charge < -0.3 is 5.32 Å². The molecule has 0 radical (unpaired) electrons. The van der Waals surface area contributed by atoms with Gasteiger partial charge in [0.1, 0.15) is 0 Å². The Hall–Kier alpha value is -2.25. The van der Waals surface area contributed by atoms with Crippen molar-refractivity contribution in [3.8, 4) is 0 Å². The van der Waals surface area contributed by atoms with E-state index in [0.717, 1.165) is 0 Å². The number of hydrogen-bond acceptors (Lipinski definition) is 4. The van der Waals surface area contributed by atoms with Crippen molar-refractivity contribution >= 4 is 39.1 Å². The maximum atomic E-state index is 12.4. The largest absolute Gasteiger partial charge is 0.324 e. The van der Waals surface area contributed by atoms with Gasteiger partial charge in [-0.25, -0.2) is 8.42 Å². The van der Waals surface area contributed by atoms with Gasteiger partial charge in [0.2, 0.25) is 5.91 Å². The fourth-order valence-electron chi connectivity index (χ4n) is 1.91. The first-order valence-corrected chi connectivity index (χ1v) is 9.82. The van der Waals surface area contributed by atoms with Crippen molar-refractivity contribution in [2.45, 2.75) is 4.90 Å². The van der Waals surface area contributed by atoms with Gasteiger partial charge in [0, 0.05) is 5.75 Å². The zero-order valence-corrected chi connectivity index (χ0v) is 14.6. The molecule has 0 unspecified atom stereocenters. The highest BCUT2D eigenvalue weighted by Gasteiger charge is 2.16. The topological polar surface area (TPSA) is 75.3 Å². The van der Waals surface area contributed by atoms with Gasteiger partial charge in [0.15, 0.2) is 0 Å². The Bertz CT molecular complexity index is 806. The van der Waals surface area contributed by atoms with Crippen molar-refractivity contribution in [1.82, 2.24) is 0 Å². The van der Waals surface area contributed by atoms with E-state index < -0.39 is 10.0 Å². The van der Waals surface area contributed by atoms with Crippen LogP contribution >= 0.6 is 11.8 Å². The van der Waals surface area contributed by atoms with Crippen molar-refractivity contribution < 1.29 is 13.2 Å². The molecular formula is C17H18N2O3S2. The molecule has 2 aromatic carbocycles. The third kappa shape index (κ3) is 5.14. The summed E-state index contributed by atoms with van der Waals surface area (Å²) in [5.74, 6) is 0.745. The molecule has 0 aliphatic rings. The Kier molecular flexibility index (Phi) is 6.45. The van der Waals surface area contributed by atoms with Gasteiger partial charge in [0.05, 0.1) is 22.0 Å². The Balaban J connectivity index is 2.14. The number of rotatable bonds is 8. The van der Waals surface area contributed by atoms with E-state index in [0.29, 0.717) is 17.1 Å². The molecule has 0 aliphatic carbocycles. The summed E-state index contributed by atoms with van der Waals surface area (Å²) >= 11 is 1.43. The number of hydrogen-bond donors (Lipinski definition) is 2. The van der Waals surface area contributed by atoms with Crippen LogP contribution in [0.25, 0.3) is 0 Å². The Morgan fingerprint density at radius 1 is 1.04 bits per heavy atom. The fourth-order valence-corrected chi connectivity index (χ4v) is 3.55. The smallest absolute Gasteiger partial charge is 0.261 e. The quantitative estimate of drug-likeness (QED) is 0.558. The lowest BCUT2D eigenvalue weighted by Gasteiger charge is -2.13. The van der Waals surface area contributed by atoms with Crippen LogP contribution in [0.15, 0.2) is 72.1 Å². The summed E-state index contributed by atoms with van der Waals surface area (Å²) in [6.07, 6.45) is 1.72. The van der Waals surface area contributed by atoms with E-state index in [2.05, 4.69) is 16.6 Å². The van der Waals surface area contributed by atoms with Gasteiger partial charge in [-0.2, -0.15) is 0 Å². The lowest BCUT2D eigenvalue weighted by molar-refractivity contribution is -0.113. The SMILES string of the molecule is C=CCSCC(=O)Nc1ccccc1NS(=O)(=O)c1ccccc1. The molecule has 0 aliphatic heterocycles. The van der Waals surface area contributed by atoms with E-state index in [1.807, 2.05) is 0 Å². The van der Waals surface area contributed by atoms with Gasteiger partial charge in [-0.15, -0.1) is 18.3 Å². The molecule has 0 aromatic heterocycles. The highest BCUT2D eigenvalue weighted by Crippen LogP contribution is 2.24. The second kappa shape index (κ2) is 8.56. The number of sulfonamides is 1. The van der Waals surface area contributed by atoms with Gasteiger partial charge in [-0.05, 0) is 24.3 Å². The number of anilines is 2. The van der Waals surface area contributed by atoms with Crippen LogP contribution in [-0.4, -0.2) is 25.8 Å². The van der Waals surface area contributed by atoms with Crippen molar-refractivity contribution in [3.05, 3.63) is 67.3 Å². The second-order valence-corrected chi connectivity index (χ2v) is 7.53. The highest BCUT2D eigenvalue weighted by molar-refractivity contribution is 8.00. The number of benzene rings is 2. The minimum absolute atomic E-state index is 0.160. The van der Waals surface area contributed by atoms with Crippen LogP contribution in [0, 0.1) is 0 Å². The third-order valence-electron chi connectivity index (χ3n) is 2.97. The molecule has 2 aromatic rings. The molecule has 24 heavy (non-hydrogen) atoms. The third-order valence-corrected chi connectivity index (χ3v) is 5.29. The molecule has 2 rings (SSSR count). The molecule has 2 N–H and O–H groups in total. The van der Waals surface area contributed by atoms with Crippen molar-refractivity contribution in [1.29, 1.82) is 0 Å². The predicted octanol–water partition coefficient (Wildman–Crippen LogP) is 3.35. The van der Waals surface area contributed by atoms with Crippen LogP contribution in [0.3, 0.4) is 0 Å². The molecule has 0 saturated heterocycles. The lowest BCUT2D eigenvalue weighted by Crippen LogP contribution is -2.18. The molecule has 1 amide bonds. The van der Waals surface area contributed by atoms with Crippen LogP contribution in [0.4, 0.5) is 11.4 Å². The van der Waals surface area contributed by atoms with Crippen molar-refractivity contribution in [2.75, 3.05) is 21.5 Å². The monoisotopic (exact) mass is 362 g/mol. The first-order chi connectivity index (χ1) is 11.5. The number of carbonyl (C=O) groups is 1. The minimum atomic E-state index is -3.71. The summed E-state index contributed by atoms with van der Waals surface area (Å²) in [4.78, 5) is 12.1. The molecule has 126 valence electrons. The summed E-state index contributed by atoms with van der Waals surface area (Å²) in [7, 11) is -3.71. The Labute approximate surface area is 146 Å². The van der Waals surface area contributed by atoms with Gasteiger partial charge in [-0.3, -0.25) is 9.52 Å². The van der Waals surface area contributed by atoms with Crippen molar-refractivity contribution in [3.63, 3.8) is 0 Å². The molecule has 0 spiro atoms. The first-order valence-electron chi connectivity index (χ1n) is 7.18. The van der Waals surface area contributed by atoms with E-state index in [9.17, 15) is 13.2 Å². The van der Waals surface area contributed by atoms with Crippen LogP contribution < -0.4 is 10.0 Å². The number of thioether (sulfide) groups is 1. The molecule has 0 fully saturated rings. The van der Waals surface area contributed by atoms with Gasteiger partial charge in [0.25, 0.3) is 10.0 Å². The van der Waals surface area contributed by atoms with E-state index in [-0.39, 0.29) is 16.6 Å². The summed E-state index contributed by atoms with van der Waals surface area (Å²) in [6, 6.07) is 14.8. The van der Waals surface area contributed by atoms with E-state index >= 15 is 0 Å². The van der Waals surface area contributed by atoms with Crippen LogP contribution in [0.2, 0.25) is 0 Å². The predicted molar refractivity (Wildman–Crippen MR) is 99.8 cm³/mol. The number of nitrogens with one attached hydrogen (secondary N) is 2. The molecular weight excluding hydrogens is 344 g/mol. The summed E-state index contributed by atoms with van der Waals surface area (Å²) in [5.41, 5.74) is 0.740. The Morgan fingerprint density at radius 2 is 1.67 bits per heavy atom. The van der Waals surface area contributed by atoms with E-state index in [1.165, 1.54) is 23.9 Å². The maximum Gasteiger partial charge on any atom is 0.261 e. The van der Waals surface area contributed by atoms with E-state index in [1.54, 1.807) is 48.5 Å². The lowest BCUT2D eigenvalue weighted by atomic mass is 10.3. The zero-order chi connectivity index (χ0) is 17.4. The Morgan fingerprint density at radius 3 is 2.33 bits per heavy atom. The van der Waals surface area contributed by atoms with Crippen LogP contribution in [0.1, 0.15) is 0 Å². The summed E-state index contributed by atoms with van der Waals surface area (Å²) in [5, 5.41) is 2.72. The highest BCUT2D eigenvalue weighted by atomic mass is 32.2. The average Bonchev–Trinajstić information content (AvgIpc) is 2.57. The summed E-state index contributed by atoms with van der Waals surface area (Å²) in [6.45, 7) is 3.60. The summed E-state index contributed by atoms with van der Waals surface area (Å²) < 4.78 is 27.3. The van der Waals surface area contributed by atoms with Crippen LogP contribution in [0.5, 0.6) is 0 Å². The van der Waals surface area contributed by atoms with Crippen LogP contribution in [-0.2, 0) is 14.8 Å². The fraction of sp³-hybridized carbons (Fsp3) is 0.118. The van der Waals surface area contributed by atoms with E-state index in [4.69, 9.17) is 0 Å². The molecule has 0 bridgehead atoms. The molecule has 0 heterocycles. The number of carbonyl (C=O) groups excluding carboxylic acids is 1. The standard InChI is InChI=1S/C17H18N2O3S2/c1-2-12-23-13-17(20)18-15-10-6-7-11-16(15)19-24(21,22)14-8-4-3-5-9-14/h2-11,19H,1,12-13H2,(H,18,20). The normalized spacial score (nSPS) is 10.8. The zero-order valence-electron chi connectivity index (χ0n) is 12.9. The maximum absolute atomic E-state index is 12.4. The molecule has 7 heteroatoms. The van der Waals surface area contributed by atoms with Gasteiger partial charge in [-0.1, -0.05) is 36.4 Å². The molecule has 0 atom stereocenters. The minimum Gasteiger partial charge on any atom is -0.324 e. The average molecular weight is 362 g/mol. The number of amides is 1. The van der Waals surface area contributed by atoms with Crippen molar-refractivity contribution in [2.24, 2.45) is 0 Å². The van der Waals surface area contributed by atoms with Gasteiger partial charge >= 0.3 is 0 Å². The molecule has 0 saturated carbocycles. The number of para-hydroxylation sites is 2.